The van der Waals surface area contributed by atoms with Crippen molar-refractivity contribution in [3.8, 4) is 11.3 Å². The van der Waals surface area contributed by atoms with Crippen molar-refractivity contribution in [3.63, 3.8) is 0 Å². The number of hydrogen-bond acceptors (Lipinski definition) is 2. The van der Waals surface area contributed by atoms with Gasteiger partial charge in [-0.1, -0.05) is 18.2 Å². The Balaban J connectivity index is 2.22. The first-order chi connectivity index (χ1) is 10.4. The molecule has 1 heterocycles. The second-order valence-corrected chi connectivity index (χ2v) is 4.68. The van der Waals surface area contributed by atoms with E-state index in [4.69, 9.17) is 5.11 Å². The summed E-state index contributed by atoms with van der Waals surface area (Å²) in [5.74, 6) is -1.12. The third-order valence-electron chi connectivity index (χ3n) is 3.30. The molecule has 112 valence electrons. The van der Waals surface area contributed by atoms with E-state index in [2.05, 4.69) is 10.2 Å². The van der Waals surface area contributed by atoms with Crippen LogP contribution in [0.1, 0.15) is 15.9 Å². The third kappa shape index (κ3) is 2.30. The SMILES string of the molecule is O=C(O)c1ccc2c(-c3ccccc3C(F)(F)F)n[nH]c2c1. The molecule has 4 nitrogen and oxygen atoms in total. The van der Waals surface area contributed by atoms with Crippen LogP contribution in [0.15, 0.2) is 42.5 Å². The number of aromatic nitrogens is 2. The number of nitrogens with one attached hydrogen (secondary N) is 1. The van der Waals surface area contributed by atoms with Gasteiger partial charge < -0.3 is 5.11 Å². The van der Waals surface area contributed by atoms with E-state index >= 15 is 0 Å². The van der Waals surface area contributed by atoms with E-state index in [1.54, 1.807) is 0 Å². The molecule has 0 amide bonds. The van der Waals surface area contributed by atoms with Gasteiger partial charge in [-0.05, 0) is 24.3 Å². The number of carbonyl (C=O) groups is 1. The summed E-state index contributed by atoms with van der Waals surface area (Å²) in [7, 11) is 0. The topological polar surface area (TPSA) is 66.0 Å². The number of fused-ring (bicyclic) bond motifs is 1. The molecule has 0 atom stereocenters. The highest BCUT2D eigenvalue weighted by atomic mass is 19.4. The van der Waals surface area contributed by atoms with Crippen LogP contribution in [0.3, 0.4) is 0 Å². The summed E-state index contributed by atoms with van der Waals surface area (Å²) in [5, 5.41) is 15.9. The van der Waals surface area contributed by atoms with E-state index in [1.165, 1.54) is 36.4 Å². The van der Waals surface area contributed by atoms with E-state index in [0.29, 0.717) is 10.9 Å². The molecule has 0 spiro atoms. The first-order valence-corrected chi connectivity index (χ1v) is 6.26. The van der Waals surface area contributed by atoms with Gasteiger partial charge in [0.25, 0.3) is 0 Å². The second kappa shape index (κ2) is 4.87. The van der Waals surface area contributed by atoms with Gasteiger partial charge in [-0.25, -0.2) is 4.79 Å². The molecule has 0 saturated carbocycles. The van der Waals surface area contributed by atoms with Crippen LogP contribution < -0.4 is 0 Å². The van der Waals surface area contributed by atoms with Crippen molar-refractivity contribution in [3.05, 3.63) is 53.6 Å². The summed E-state index contributed by atoms with van der Waals surface area (Å²) in [6.07, 6.45) is -4.50. The molecule has 2 aromatic carbocycles. The van der Waals surface area contributed by atoms with Gasteiger partial charge in [-0.3, -0.25) is 5.10 Å². The fourth-order valence-electron chi connectivity index (χ4n) is 2.29. The lowest BCUT2D eigenvalue weighted by Gasteiger charge is -2.11. The summed E-state index contributed by atoms with van der Waals surface area (Å²) in [4.78, 5) is 10.9. The Hall–Kier alpha value is -2.83. The predicted molar refractivity (Wildman–Crippen MR) is 73.5 cm³/mol. The number of aromatic carboxylic acids is 1. The normalized spacial score (nSPS) is 11.8. The monoisotopic (exact) mass is 306 g/mol. The Morgan fingerprint density at radius 3 is 2.55 bits per heavy atom. The van der Waals surface area contributed by atoms with Gasteiger partial charge in [0.2, 0.25) is 0 Å². The second-order valence-electron chi connectivity index (χ2n) is 4.68. The Morgan fingerprint density at radius 1 is 1.14 bits per heavy atom. The molecular formula is C15H9F3N2O2. The van der Waals surface area contributed by atoms with Gasteiger partial charge in [-0.2, -0.15) is 18.3 Å². The smallest absolute Gasteiger partial charge is 0.417 e. The maximum absolute atomic E-state index is 13.1. The highest BCUT2D eigenvalue weighted by Gasteiger charge is 2.34. The highest BCUT2D eigenvalue weighted by Crippen LogP contribution is 2.38. The van der Waals surface area contributed by atoms with Crippen LogP contribution >= 0.6 is 0 Å². The molecule has 0 aliphatic rings. The molecular weight excluding hydrogens is 297 g/mol. The van der Waals surface area contributed by atoms with E-state index in [-0.39, 0.29) is 16.8 Å². The zero-order valence-electron chi connectivity index (χ0n) is 11.0. The van der Waals surface area contributed by atoms with Crippen LogP contribution in [0.2, 0.25) is 0 Å². The van der Waals surface area contributed by atoms with Crippen molar-refractivity contribution in [2.75, 3.05) is 0 Å². The summed E-state index contributed by atoms with van der Waals surface area (Å²) < 4.78 is 39.3. The number of H-pyrrole nitrogens is 1. The number of carboxylic acid groups (broad SMARTS) is 1. The number of halogens is 3. The Morgan fingerprint density at radius 2 is 1.86 bits per heavy atom. The van der Waals surface area contributed by atoms with Gasteiger partial charge in [0.15, 0.2) is 0 Å². The van der Waals surface area contributed by atoms with Crippen molar-refractivity contribution in [1.29, 1.82) is 0 Å². The molecule has 2 N–H and O–H groups in total. The largest absolute Gasteiger partial charge is 0.478 e. The van der Waals surface area contributed by atoms with Crippen molar-refractivity contribution >= 4 is 16.9 Å². The van der Waals surface area contributed by atoms with Gasteiger partial charge >= 0.3 is 12.1 Å². The fraction of sp³-hybridized carbons (Fsp3) is 0.0667. The maximum atomic E-state index is 13.1. The first kappa shape index (κ1) is 14.1. The summed E-state index contributed by atoms with van der Waals surface area (Å²) >= 11 is 0. The Kier molecular flexibility index (Phi) is 3.13. The molecule has 0 aliphatic heterocycles. The average molecular weight is 306 g/mol. The van der Waals surface area contributed by atoms with Crippen LogP contribution in [0.5, 0.6) is 0 Å². The van der Waals surface area contributed by atoms with Gasteiger partial charge in [-0.15, -0.1) is 0 Å². The minimum absolute atomic E-state index is 0.0341. The number of alkyl halides is 3. The zero-order chi connectivity index (χ0) is 15.9. The Labute approximate surface area is 122 Å². The van der Waals surface area contributed by atoms with E-state index in [1.807, 2.05) is 0 Å². The van der Waals surface area contributed by atoms with Crippen molar-refractivity contribution in [2.24, 2.45) is 0 Å². The molecule has 22 heavy (non-hydrogen) atoms. The number of carboxylic acids is 1. The average Bonchev–Trinajstić information content (AvgIpc) is 2.89. The van der Waals surface area contributed by atoms with Crippen molar-refractivity contribution < 1.29 is 23.1 Å². The lowest BCUT2D eigenvalue weighted by Crippen LogP contribution is -2.07. The lowest BCUT2D eigenvalue weighted by atomic mass is 10.0. The van der Waals surface area contributed by atoms with Crippen molar-refractivity contribution in [1.82, 2.24) is 10.2 Å². The maximum Gasteiger partial charge on any atom is 0.417 e. The van der Waals surface area contributed by atoms with Crippen LogP contribution in [0, 0.1) is 0 Å². The number of hydrogen-bond donors (Lipinski definition) is 2. The van der Waals surface area contributed by atoms with Crippen LogP contribution in [-0.4, -0.2) is 21.3 Å². The molecule has 0 saturated heterocycles. The highest BCUT2D eigenvalue weighted by molar-refractivity contribution is 5.98. The van der Waals surface area contributed by atoms with E-state index in [0.717, 1.165) is 6.07 Å². The molecule has 1 aromatic heterocycles. The minimum atomic E-state index is -4.50. The van der Waals surface area contributed by atoms with Crippen LogP contribution in [0.25, 0.3) is 22.2 Å². The first-order valence-electron chi connectivity index (χ1n) is 6.26. The molecule has 0 aliphatic carbocycles. The summed E-state index contributed by atoms with van der Waals surface area (Å²) in [5.41, 5.74) is -0.298. The van der Waals surface area contributed by atoms with Crippen molar-refractivity contribution in [2.45, 2.75) is 6.18 Å². The van der Waals surface area contributed by atoms with E-state index < -0.39 is 17.7 Å². The van der Waals surface area contributed by atoms with E-state index in [9.17, 15) is 18.0 Å². The summed E-state index contributed by atoms with van der Waals surface area (Å²) in [6.45, 7) is 0. The number of rotatable bonds is 2. The predicted octanol–water partition coefficient (Wildman–Crippen LogP) is 3.95. The molecule has 0 bridgehead atoms. The number of nitrogens with zero attached hydrogens (tertiary/aromatic N) is 1. The molecule has 0 fully saturated rings. The molecule has 3 rings (SSSR count). The quantitative estimate of drug-likeness (QED) is 0.753. The zero-order valence-corrected chi connectivity index (χ0v) is 11.0. The van der Waals surface area contributed by atoms with Crippen LogP contribution in [0.4, 0.5) is 13.2 Å². The number of benzene rings is 2. The van der Waals surface area contributed by atoms with Gasteiger partial charge in [0.05, 0.1) is 16.6 Å². The lowest BCUT2D eigenvalue weighted by molar-refractivity contribution is -0.137. The fourth-order valence-corrected chi connectivity index (χ4v) is 2.29. The van der Waals surface area contributed by atoms with Crippen LogP contribution in [-0.2, 0) is 6.18 Å². The van der Waals surface area contributed by atoms with Gasteiger partial charge in [0.1, 0.15) is 5.69 Å². The molecule has 7 heteroatoms. The molecule has 0 unspecified atom stereocenters. The third-order valence-corrected chi connectivity index (χ3v) is 3.30. The molecule has 0 radical (unpaired) electrons. The van der Waals surface area contributed by atoms with Gasteiger partial charge in [0, 0.05) is 10.9 Å². The summed E-state index contributed by atoms with van der Waals surface area (Å²) in [6, 6.07) is 9.25. The number of aromatic amines is 1. The standard InChI is InChI=1S/C15H9F3N2O2/c16-15(17,18)11-4-2-1-3-9(11)13-10-6-5-8(14(21)22)7-12(10)19-20-13/h1-7H,(H,19,20)(H,21,22). The molecule has 3 aromatic rings. The Bertz CT molecular complexity index is 869. The minimum Gasteiger partial charge on any atom is -0.478 e.